The van der Waals surface area contributed by atoms with Crippen LogP contribution in [0.2, 0.25) is 0 Å². The van der Waals surface area contributed by atoms with Gasteiger partial charge in [-0.2, -0.15) is 0 Å². The van der Waals surface area contributed by atoms with Crippen molar-refractivity contribution in [3.8, 4) is 0 Å². The molecule has 2 rings (SSSR count). The lowest BCUT2D eigenvalue weighted by atomic mass is 10.1. The Morgan fingerprint density at radius 2 is 1.88 bits per heavy atom. The van der Waals surface area contributed by atoms with Crippen molar-refractivity contribution < 1.29 is 8.42 Å². The normalized spacial score (nSPS) is 16.1. The van der Waals surface area contributed by atoms with Crippen molar-refractivity contribution in [3.63, 3.8) is 0 Å². The number of hydrogen-bond acceptors (Lipinski definition) is 3. The van der Waals surface area contributed by atoms with Crippen molar-refractivity contribution in [2.45, 2.75) is 24.2 Å². The molecule has 1 aromatic carbocycles. The Balaban J connectivity index is 1.80. The van der Waals surface area contributed by atoms with Gasteiger partial charge in [0.05, 0.1) is 4.90 Å². The van der Waals surface area contributed by atoms with Crippen molar-refractivity contribution in [1.29, 1.82) is 0 Å². The lowest BCUT2D eigenvalue weighted by Crippen LogP contribution is -2.19. The van der Waals surface area contributed by atoms with E-state index >= 15 is 0 Å². The van der Waals surface area contributed by atoms with Gasteiger partial charge in [-0.25, -0.2) is 13.6 Å². The molecule has 1 aliphatic rings. The summed E-state index contributed by atoms with van der Waals surface area (Å²) in [5.41, 5.74) is 1.13. The van der Waals surface area contributed by atoms with Crippen molar-refractivity contribution >= 4 is 10.0 Å². The maximum Gasteiger partial charge on any atom is 0.238 e. The molecule has 0 aromatic heterocycles. The third kappa shape index (κ3) is 4.11. The molecule has 4 nitrogen and oxygen atoms in total. The van der Waals surface area contributed by atoms with Crippen LogP contribution in [0.25, 0.3) is 0 Å². The van der Waals surface area contributed by atoms with Crippen molar-refractivity contribution in [3.05, 3.63) is 29.8 Å². The topological polar surface area (TPSA) is 72.2 Å². The predicted molar refractivity (Wildman–Crippen MR) is 67.1 cm³/mol. The van der Waals surface area contributed by atoms with E-state index in [9.17, 15) is 8.42 Å². The molecule has 0 aliphatic heterocycles. The molecule has 0 atom stereocenters. The minimum atomic E-state index is -3.56. The van der Waals surface area contributed by atoms with E-state index in [0.717, 1.165) is 31.0 Å². The Hall–Kier alpha value is -0.910. The first kappa shape index (κ1) is 12.5. The summed E-state index contributed by atoms with van der Waals surface area (Å²) in [6.45, 7) is 2.04. The zero-order chi connectivity index (χ0) is 12.3. The highest BCUT2D eigenvalue weighted by Gasteiger charge is 2.19. The Morgan fingerprint density at radius 3 is 2.41 bits per heavy atom. The van der Waals surface area contributed by atoms with Crippen LogP contribution in [0.3, 0.4) is 0 Å². The Bertz CT molecular complexity index is 464. The van der Waals surface area contributed by atoms with Gasteiger partial charge in [0, 0.05) is 0 Å². The molecule has 0 spiro atoms. The number of rotatable bonds is 6. The fraction of sp³-hybridized carbons (Fsp3) is 0.500. The molecule has 1 aromatic rings. The molecular formula is C12H18N2O2S. The van der Waals surface area contributed by atoms with Gasteiger partial charge in [-0.15, -0.1) is 0 Å². The predicted octanol–water partition coefficient (Wildman–Crippen LogP) is 0.876. The number of sulfonamides is 1. The van der Waals surface area contributed by atoms with Gasteiger partial charge in [0.1, 0.15) is 0 Å². The summed E-state index contributed by atoms with van der Waals surface area (Å²) in [4.78, 5) is 0.173. The minimum absolute atomic E-state index is 0.173. The average Bonchev–Trinajstić information content (AvgIpc) is 3.08. The first-order valence-corrected chi connectivity index (χ1v) is 7.43. The monoisotopic (exact) mass is 254 g/mol. The summed E-state index contributed by atoms with van der Waals surface area (Å²) in [6.07, 6.45) is 3.63. The maximum atomic E-state index is 11.1. The smallest absolute Gasteiger partial charge is 0.238 e. The second-order valence-electron chi connectivity index (χ2n) is 4.59. The SMILES string of the molecule is NS(=O)(=O)c1ccc(CCNCC2CC2)cc1. The molecule has 0 unspecified atom stereocenters. The van der Waals surface area contributed by atoms with Gasteiger partial charge in [-0.3, -0.25) is 0 Å². The van der Waals surface area contributed by atoms with Crippen molar-refractivity contribution in [1.82, 2.24) is 5.32 Å². The highest BCUT2D eigenvalue weighted by atomic mass is 32.2. The average molecular weight is 254 g/mol. The zero-order valence-electron chi connectivity index (χ0n) is 9.72. The Kier molecular flexibility index (Phi) is 3.81. The number of nitrogens with one attached hydrogen (secondary N) is 1. The molecule has 0 heterocycles. The molecule has 17 heavy (non-hydrogen) atoms. The maximum absolute atomic E-state index is 11.1. The van der Waals surface area contributed by atoms with Crippen LogP contribution in [0, 0.1) is 5.92 Å². The first-order chi connectivity index (χ1) is 8.05. The van der Waals surface area contributed by atoms with Crippen LogP contribution in [-0.2, 0) is 16.4 Å². The van der Waals surface area contributed by atoms with Crippen LogP contribution >= 0.6 is 0 Å². The number of primary sulfonamides is 1. The third-order valence-electron chi connectivity index (χ3n) is 2.97. The third-order valence-corrected chi connectivity index (χ3v) is 3.90. The van der Waals surface area contributed by atoms with Crippen LogP contribution in [0.5, 0.6) is 0 Å². The lowest BCUT2D eigenvalue weighted by molar-refractivity contribution is 0.597. The summed E-state index contributed by atoms with van der Waals surface area (Å²) in [7, 11) is -3.56. The largest absolute Gasteiger partial charge is 0.316 e. The summed E-state index contributed by atoms with van der Waals surface area (Å²) in [5.74, 6) is 0.889. The van der Waals surface area contributed by atoms with Crippen LogP contribution in [0.1, 0.15) is 18.4 Å². The van der Waals surface area contributed by atoms with Gasteiger partial charge in [0.2, 0.25) is 10.0 Å². The lowest BCUT2D eigenvalue weighted by Gasteiger charge is -2.04. The van der Waals surface area contributed by atoms with E-state index in [1.807, 2.05) is 12.1 Å². The molecule has 0 bridgehead atoms. The standard InChI is InChI=1S/C12H18N2O2S/c13-17(15,16)12-5-3-10(4-6-12)7-8-14-9-11-1-2-11/h3-6,11,14H,1-2,7-9H2,(H2,13,15,16). The van der Waals surface area contributed by atoms with Crippen LogP contribution < -0.4 is 10.5 Å². The van der Waals surface area contributed by atoms with E-state index in [-0.39, 0.29) is 4.90 Å². The van der Waals surface area contributed by atoms with E-state index in [4.69, 9.17) is 5.14 Å². The summed E-state index contributed by atoms with van der Waals surface area (Å²) in [5, 5.41) is 8.43. The van der Waals surface area contributed by atoms with Crippen molar-refractivity contribution in [2.24, 2.45) is 11.1 Å². The number of hydrogen-bond donors (Lipinski definition) is 2. The van der Waals surface area contributed by atoms with Gasteiger partial charge < -0.3 is 5.32 Å². The van der Waals surface area contributed by atoms with Gasteiger partial charge in [0.25, 0.3) is 0 Å². The molecule has 1 fully saturated rings. The highest BCUT2D eigenvalue weighted by Crippen LogP contribution is 2.27. The van der Waals surface area contributed by atoms with Crippen LogP contribution in [-0.4, -0.2) is 21.5 Å². The fourth-order valence-corrected chi connectivity index (χ4v) is 2.22. The van der Waals surface area contributed by atoms with Gasteiger partial charge in [-0.1, -0.05) is 12.1 Å². The van der Waals surface area contributed by atoms with Crippen LogP contribution in [0.4, 0.5) is 0 Å². The summed E-state index contributed by atoms with van der Waals surface area (Å²) < 4.78 is 22.1. The van der Waals surface area contributed by atoms with Gasteiger partial charge in [0.15, 0.2) is 0 Å². The summed E-state index contributed by atoms with van der Waals surface area (Å²) >= 11 is 0. The molecule has 0 radical (unpaired) electrons. The first-order valence-electron chi connectivity index (χ1n) is 5.88. The fourth-order valence-electron chi connectivity index (χ4n) is 1.71. The molecule has 5 heteroatoms. The molecule has 1 aliphatic carbocycles. The Morgan fingerprint density at radius 1 is 1.24 bits per heavy atom. The second-order valence-corrected chi connectivity index (χ2v) is 6.15. The van der Waals surface area contributed by atoms with E-state index in [0.29, 0.717) is 0 Å². The quantitative estimate of drug-likeness (QED) is 0.740. The van der Waals surface area contributed by atoms with E-state index in [1.54, 1.807) is 12.1 Å². The van der Waals surface area contributed by atoms with E-state index in [1.165, 1.54) is 12.8 Å². The number of nitrogens with two attached hydrogens (primary N) is 1. The molecule has 1 saturated carbocycles. The molecule has 0 saturated heterocycles. The second kappa shape index (κ2) is 5.16. The van der Waals surface area contributed by atoms with Gasteiger partial charge >= 0.3 is 0 Å². The molecule has 3 N–H and O–H groups in total. The van der Waals surface area contributed by atoms with E-state index in [2.05, 4.69) is 5.32 Å². The molecular weight excluding hydrogens is 236 g/mol. The Labute approximate surface area is 102 Å². The van der Waals surface area contributed by atoms with Crippen LogP contribution in [0.15, 0.2) is 29.2 Å². The minimum Gasteiger partial charge on any atom is -0.316 e. The molecule has 94 valence electrons. The van der Waals surface area contributed by atoms with E-state index < -0.39 is 10.0 Å². The molecule has 0 amide bonds. The highest BCUT2D eigenvalue weighted by molar-refractivity contribution is 7.89. The van der Waals surface area contributed by atoms with Crippen molar-refractivity contribution in [2.75, 3.05) is 13.1 Å². The van der Waals surface area contributed by atoms with Gasteiger partial charge in [-0.05, 0) is 56.0 Å². The summed E-state index contributed by atoms with van der Waals surface area (Å²) in [6, 6.07) is 6.76. The number of benzene rings is 1. The zero-order valence-corrected chi connectivity index (χ0v) is 10.5.